The smallest absolute Gasteiger partial charge is 0.404 e. The molecule has 0 fully saturated rings. The highest BCUT2D eigenvalue weighted by molar-refractivity contribution is 9.10. The van der Waals surface area contributed by atoms with Crippen LogP contribution in [0.3, 0.4) is 0 Å². The van der Waals surface area contributed by atoms with Crippen molar-refractivity contribution in [2.75, 3.05) is 6.54 Å². The second kappa shape index (κ2) is 6.98. The predicted molar refractivity (Wildman–Crippen MR) is 78.5 cm³/mol. The number of halogens is 2. The lowest BCUT2D eigenvalue weighted by Crippen LogP contribution is -2.29. The molecule has 2 aromatic rings. The maximum absolute atomic E-state index is 12.7. The van der Waals surface area contributed by atoms with Gasteiger partial charge in [0.1, 0.15) is 10.9 Å². The Hall–Kier alpha value is -2.49. The van der Waals surface area contributed by atoms with Gasteiger partial charge >= 0.3 is 11.8 Å². The Morgan fingerprint density at radius 1 is 1.50 bits per heavy atom. The summed E-state index contributed by atoms with van der Waals surface area (Å²) < 4.78 is 15.6. The Labute approximate surface area is 132 Å². The zero-order valence-electron chi connectivity index (χ0n) is 11.1. The van der Waals surface area contributed by atoms with Gasteiger partial charge in [0.2, 0.25) is 0 Å². The number of carboxylic acid groups (broad SMARTS) is 1. The fraction of sp³-hybridized carbons (Fsp3) is 0.167. The van der Waals surface area contributed by atoms with Gasteiger partial charge in [-0.05, 0) is 33.6 Å². The number of carbonyl (C=O) groups is 1. The molecule has 0 unspecified atom stereocenters. The summed E-state index contributed by atoms with van der Waals surface area (Å²) in [4.78, 5) is 26.6. The van der Waals surface area contributed by atoms with Gasteiger partial charge in [-0.25, -0.2) is 28.2 Å². The number of aromatic nitrogens is 4. The molecule has 116 valence electrons. The van der Waals surface area contributed by atoms with E-state index in [9.17, 15) is 14.0 Å². The van der Waals surface area contributed by atoms with Crippen molar-refractivity contribution in [2.45, 2.75) is 6.54 Å². The molecule has 10 heteroatoms. The minimum Gasteiger partial charge on any atom is -0.465 e. The lowest BCUT2D eigenvalue weighted by atomic mass is 10.3. The van der Waals surface area contributed by atoms with Gasteiger partial charge in [0, 0.05) is 6.54 Å². The molecule has 22 heavy (non-hydrogen) atoms. The van der Waals surface area contributed by atoms with E-state index >= 15 is 0 Å². The fourth-order valence-corrected chi connectivity index (χ4v) is 1.88. The highest BCUT2D eigenvalue weighted by atomic mass is 79.9. The summed E-state index contributed by atoms with van der Waals surface area (Å²) in [5.74, 6) is 0. The van der Waals surface area contributed by atoms with Crippen LogP contribution in [0.1, 0.15) is 0 Å². The Bertz CT molecular complexity index is 753. The van der Waals surface area contributed by atoms with Crippen molar-refractivity contribution in [1.82, 2.24) is 24.6 Å². The van der Waals surface area contributed by atoms with Gasteiger partial charge in [-0.3, -0.25) is 0 Å². The number of nitrogens with zero attached hydrogens (tertiary/aromatic N) is 4. The number of nitrogens with one attached hydrogen (secondary N) is 1. The van der Waals surface area contributed by atoms with E-state index < -0.39 is 11.8 Å². The topological polar surface area (TPSA) is 102 Å². The quantitative estimate of drug-likeness (QED) is 0.771. The lowest BCUT2D eigenvalue weighted by Gasteiger charge is -2.05. The number of rotatable bonds is 5. The van der Waals surface area contributed by atoms with Crippen molar-refractivity contribution in [1.29, 1.82) is 0 Å². The molecule has 2 aromatic heterocycles. The SMILES string of the molecule is O=C(O)NCC(=CF)Cn1ncn(-c2ccc(Br)nc2)c1=O. The van der Waals surface area contributed by atoms with E-state index in [1.54, 1.807) is 12.1 Å². The fourth-order valence-electron chi connectivity index (χ4n) is 1.64. The number of hydrogen-bond donors (Lipinski definition) is 2. The third kappa shape index (κ3) is 3.79. The summed E-state index contributed by atoms with van der Waals surface area (Å²) in [6.07, 6.45) is 1.74. The Morgan fingerprint density at radius 2 is 2.27 bits per heavy atom. The van der Waals surface area contributed by atoms with Crippen molar-refractivity contribution >= 4 is 22.0 Å². The number of amides is 1. The molecule has 0 aliphatic heterocycles. The Balaban J connectivity index is 2.19. The minimum absolute atomic E-state index is 0.0729. The molecule has 0 atom stereocenters. The second-order valence-corrected chi connectivity index (χ2v) is 5.02. The highest BCUT2D eigenvalue weighted by Gasteiger charge is 2.10. The van der Waals surface area contributed by atoms with E-state index in [1.165, 1.54) is 17.1 Å². The molecule has 2 rings (SSSR count). The third-order valence-electron chi connectivity index (χ3n) is 2.70. The summed E-state index contributed by atoms with van der Waals surface area (Å²) >= 11 is 3.19. The van der Waals surface area contributed by atoms with Crippen LogP contribution in [-0.2, 0) is 6.54 Å². The van der Waals surface area contributed by atoms with E-state index in [2.05, 4.69) is 26.0 Å². The minimum atomic E-state index is -1.28. The first-order valence-electron chi connectivity index (χ1n) is 6.02. The first-order valence-corrected chi connectivity index (χ1v) is 6.82. The van der Waals surface area contributed by atoms with Crippen LogP contribution in [0.25, 0.3) is 5.69 Å². The van der Waals surface area contributed by atoms with Gasteiger partial charge < -0.3 is 10.4 Å². The van der Waals surface area contributed by atoms with Gasteiger partial charge in [0.15, 0.2) is 0 Å². The predicted octanol–water partition coefficient (Wildman–Crippen LogP) is 1.31. The van der Waals surface area contributed by atoms with E-state index in [1.807, 2.05) is 5.32 Å². The van der Waals surface area contributed by atoms with E-state index in [-0.39, 0.29) is 25.0 Å². The summed E-state index contributed by atoms with van der Waals surface area (Å²) in [5, 5.41) is 14.4. The first kappa shape index (κ1) is 15.9. The summed E-state index contributed by atoms with van der Waals surface area (Å²) in [5.41, 5.74) is 0.0939. The van der Waals surface area contributed by atoms with Crippen LogP contribution < -0.4 is 11.0 Å². The van der Waals surface area contributed by atoms with Crippen LogP contribution in [-0.4, -0.2) is 37.1 Å². The molecule has 1 amide bonds. The molecular formula is C12H11BrFN5O3. The van der Waals surface area contributed by atoms with Crippen LogP contribution in [0.2, 0.25) is 0 Å². The van der Waals surface area contributed by atoms with Crippen LogP contribution in [0.5, 0.6) is 0 Å². The Kier molecular flexibility index (Phi) is 5.04. The highest BCUT2D eigenvalue weighted by Crippen LogP contribution is 2.08. The zero-order chi connectivity index (χ0) is 16.1. The molecule has 2 N–H and O–H groups in total. The second-order valence-electron chi connectivity index (χ2n) is 4.21. The van der Waals surface area contributed by atoms with Crippen molar-refractivity contribution < 1.29 is 14.3 Å². The molecule has 0 spiro atoms. The molecule has 2 heterocycles. The monoisotopic (exact) mass is 371 g/mol. The molecule has 0 saturated heterocycles. The average Bonchev–Trinajstić information content (AvgIpc) is 2.85. The molecule has 0 aliphatic rings. The average molecular weight is 372 g/mol. The van der Waals surface area contributed by atoms with Crippen LogP contribution in [0, 0.1) is 0 Å². The zero-order valence-corrected chi connectivity index (χ0v) is 12.7. The van der Waals surface area contributed by atoms with Gasteiger partial charge in [0.05, 0.1) is 24.8 Å². The molecule has 0 aromatic carbocycles. The maximum atomic E-state index is 12.7. The summed E-state index contributed by atoms with van der Waals surface area (Å²) in [6.45, 7) is -0.391. The largest absolute Gasteiger partial charge is 0.465 e. The van der Waals surface area contributed by atoms with Crippen LogP contribution in [0.4, 0.5) is 9.18 Å². The third-order valence-corrected chi connectivity index (χ3v) is 3.17. The molecular weight excluding hydrogens is 361 g/mol. The van der Waals surface area contributed by atoms with Gasteiger partial charge in [0.25, 0.3) is 0 Å². The van der Waals surface area contributed by atoms with Gasteiger partial charge in [-0.2, -0.15) is 5.10 Å². The van der Waals surface area contributed by atoms with Crippen molar-refractivity contribution in [3.05, 3.63) is 51.6 Å². The van der Waals surface area contributed by atoms with Crippen molar-refractivity contribution in [3.8, 4) is 5.69 Å². The molecule has 0 saturated carbocycles. The van der Waals surface area contributed by atoms with Crippen LogP contribution in [0.15, 0.2) is 46.0 Å². The first-order chi connectivity index (χ1) is 10.5. The van der Waals surface area contributed by atoms with Gasteiger partial charge in [-0.1, -0.05) is 0 Å². The van der Waals surface area contributed by atoms with Gasteiger partial charge in [-0.15, -0.1) is 0 Å². The molecule has 0 bridgehead atoms. The Morgan fingerprint density at radius 3 is 2.86 bits per heavy atom. The van der Waals surface area contributed by atoms with E-state index in [0.29, 0.717) is 10.3 Å². The number of pyridine rings is 1. The van der Waals surface area contributed by atoms with Crippen molar-refractivity contribution in [2.24, 2.45) is 0 Å². The van der Waals surface area contributed by atoms with Crippen LogP contribution >= 0.6 is 15.9 Å². The summed E-state index contributed by atoms with van der Waals surface area (Å²) in [6, 6.07) is 3.34. The maximum Gasteiger partial charge on any atom is 0.404 e. The normalized spacial score (nSPS) is 11.5. The lowest BCUT2D eigenvalue weighted by molar-refractivity contribution is 0.195. The van der Waals surface area contributed by atoms with E-state index in [0.717, 1.165) is 4.68 Å². The molecule has 0 radical (unpaired) electrons. The standard InChI is InChI=1S/C12H11BrFN5O3/c13-10-2-1-9(5-15-10)18-7-17-19(12(18)22)6-8(3-14)4-16-11(20)21/h1-3,5,7,16H,4,6H2,(H,20,21). The van der Waals surface area contributed by atoms with E-state index in [4.69, 9.17) is 5.11 Å². The molecule has 0 aliphatic carbocycles. The van der Waals surface area contributed by atoms with Crippen molar-refractivity contribution in [3.63, 3.8) is 0 Å². The number of hydrogen-bond acceptors (Lipinski definition) is 4. The molecule has 8 nitrogen and oxygen atoms in total. The summed E-state index contributed by atoms with van der Waals surface area (Å²) in [7, 11) is 0.